The largest absolute Gasteiger partial charge is 0.466 e. The van der Waals surface area contributed by atoms with Crippen LogP contribution in [-0.2, 0) is 9.53 Å². The van der Waals surface area contributed by atoms with Crippen LogP contribution in [0.1, 0.15) is 15.9 Å². The zero-order valence-electron chi connectivity index (χ0n) is 14.2. The molecular weight excluding hydrogens is 387 g/mol. The van der Waals surface area contributed by atoms with Crippen molar-refractivity contribution in [2.24, 2.45) is 0 Å². The van der Waals surface area contributed by atoms with E-state index in [0.717, 1.165) is 7.11 Å². The summed E-state index contributed by atoms with van der Waals surface area (Å²) < 4.78 is 46.1. The second-order valence-electron chi connectivity index (χ2n) is 5.52. The van der Waals surface area contributed by atoms with Crippen LogP contribution < -0.4 is 10.6 Å². The standard InChI is InChI=1S/C17H15ClF3N3O3/c1-10-7-8-13(22-9-10)23-16(15(26)27-2,17(19,20)21)24-14(25)11-5-3-4-6-12(11)18/h3-9H,1-2H3,(H,22,23)(H,24,25)/t16-/m1/s1. The molecule has 6 nitrogen and oxygen atoms in total. The van der Waals surface area contributed by atoms with Gasteiger partial charge >= 0.3 is 17.8 Å². The lowest BCUT2D eigenvalue weighted by Gasteiger charge is -2.34. The smallest absolute Gasteiger partial charge is 0.441 e. The van der Waals surface area contributed by atoms with E-state index < -0.39 is 23.7 Å². The lowest BCUT2D eigenvalue weighted by atomic mass is 10.1. The molecule has 0 unspecified atom stereocenters. The lowest BCUT2D eigenvalue weighted by Crippen LogP contribution is -2.69. The van der Waals surface area contributed by atoms with Crippen LogP contribution in [0.5, 0.6) is 0 Å². The fourth-order valence-electron chi connectivity index (χ4n) is 2.16. The van der Waals surface area contributed by atoms with E-state index in [1.165, 1.54) is 42.6 Å². The normalized spacial score (nSPS) is 13.4. The van der Waals surface area contributed by atoms with Crippen LogP contribution in [0, 0.1) is 6.92 Å². The minimum absolute atomic E-state index is 0.0793. The fraction of sp³-hybridized carbons (Fsp3) is 0.235. The molecule has 0 spiro atoms. The Morgan fingerprint density at radius 1 is 1.15 bits per heavy atom. The predicted octanol–water partition coefficient (Wildman–Crippen LogP) is 3.32. The molecule has 0 bridgehead atoms. The highest BCUT2D eigenvalue weighted by Gasteiger charge is 2.63. The number of alkyl halides is 3. The number of esters is 1. The number of halogens is 4. The zero-order valence-corrected chi connectivity index (χ0v) is 15.0. The number of hydrogen-bond donors (Lipinski definition) is 2. The Balaban J connectivity index is 2.50. The van der Waals surface area contributed by atoms with Gasteiger partial charge in [-0.3, -0.25) is 4.79 Å². The first kappa shape index (κ1) is 20.5. The molecule has 0 aliphatic heterocycles. The maximum absolute atomic E-state index is 13.9. The first-order chi connectivity index (χ1) is 12.6. The Hall–Kier alpha value is -2.81. The van der Waals surface area contributed by atoms with E-state index in [2.05, 4.69) is 9.72 Å². The van der Waals surface area contributed by atoms with Gasteiger partial charge in [0.1, 0.15) is 5.82 Å². The number of nitrogens with one attached hydrogen (secondary N) is 2. The van der Waals surface area contributed by atoms with Crippen molar-refractivity contribution in [1.82, 2.24) is 10.3 Å². The van der Waals surface area contributed by atoms with Gasteiger partial charge in [0.15, 0.2) is 0 Å². The number of rotatable bonds is 5. The second-order valence-corrected chi connectivity index (χ2v) is 5.93. The van der Waals surface area contributed by atoms with Crippen LogP contribution in [0.4, 0.5) is 19.0 Å². The molecule has 10 heteroatoms. The van der Waals surface area contributed by atoms with Crippen LogP contribution >= 0.6 is 11.6 Å². The summed E-state index contributed by atoms with van der Waals surface area (Å²) in [6, 6.07) is 8.21. The number of amides is 1. The van der Waals surface area contributed by atoms with Gasteiger partial charge in [0.2, 0.25) is 0 Å². The van der Waals surface area contributed by atoms with Crippen molar-refractivity contribution in [2.75, 3.05) is 12.4 Å². The molecule has 2 N–H and O–H groups in total. The Morgan fingerprint density at radius 2 is 1.81 bits per heavy atom. The summed E-state index contributed by atoms with van der Waals surface area (Å²) in [5.74, 6) is -3.27. The van der Waals surface area contributed by atoms with Gasteiger partial charge < -0.3 is 15.4 Å². The average Bonchev–Trinajstić information content (AvgIpc) is 2.61. The van der Waals surface area contributed by atoms with Gasteiger partial charge in [-0.25, -0.2) is 9.78 Å². The van der Waals surface area contributed by atoms with E-state index in [1.54, 1.807) is 12.2 Å². The SMILES string of the molecule is COC(=O)[C@](NC(=O)c1ccccc1Cl)(Nc1ccc(C)cn1)C(F)(F)F. The van der Waals surface area contributed by atoms with E-state index in [1.807, 2.05) is 5.32 Å². The quantitative estimate of drug-likeness (QED) is 0.593. The first-order valence-electron chi connectivity index (χ1n) is 7.54. The molecule has 1 amide bonds. The maximum Gasteiger partial charge on any atom is 0.441 e. The number of pyridine rings is 1. The number of methoxy groups -OCH3 is 1. The third-order valence-corrected chi connectivity index (χ3v) is 3.89. The Kier molecular flexibility index (Phi) is 5.94. The Bertz CT molecular complexity index is 843. The van der Waals surface area contributed by atoms with Crippen LogP contribution in [0.15, 0.2) is 42.6 Å². The van der Waals surface area contributed by atoms with E-state index in [9.17, 15) is 22.8 Å². The van der Waals surface area contributed by atoms with Gasteiger partial charge in [-0.15, -0.1) is 0 Å². The van der Waals surface area contributed by atoms with Gasteiger partial charge in [0.05, 0.1) is 17.7 Å². The van der Waals surface area contributed by atoms with Crippen LogP contribution in [0.25, 0.3) is 0 Å². The number of benzene rings is 1. The minimum atomic E-state index is -5.26. The molecule has 2 rings (SSSR count). The average molecular weight is 402 g/mol. The highest BCUT2D eigenvalue weighted by atomic mass is 35.5. The summed E-state index contributed by atoms with van der Waals surface area (Å²) in [7, 11) is 0.773. The molecule has 0 fully saturated rings. The van der Waals surface area contributed by atoms with Crippen molar-refractivity contribution in [3.63, 3.8) is 0 Å². The molecule has 0 aliphatic carbocycles. The number of aromatic nitrogens is 1. The predicted molar refractivity (Wildman–Crippen MR) is 92.3 cm³/mol. The first-order valence-corrected chi connectivity index (χ1v) is 7.91. The Morgan fingerprint density at radius 3 is 2.33 bits per heavy atom. The summed E-state index contributed by atoms with van der Waals surface area (Å²) in [6.45, 7) is 1.69. The molecule has 0 saturated carbocycles. The third kappa shape index (κ3) is 4.30. The van der Waals surface area contributed by atoms with E-state index in [-0.39, 0.29) is 16.4 Å². The highest BCUT2D eigenvalue weighted by Crippen LogP contribution is 2.33. The summed E-state index contributed by atoms with van der Waals surface area (Å²) in [4.78, 5) is 28.3. The summed E-state index contributed by atoms with van der Waals surface area (Å²) in [5.41, 5.74) is -3.12. The molecule has 27 heavy (non-hydrogen) atoms. The maximum atomic E-state index is 13.9. The van der Waals surface area contributed by atoms with Crippen LogP contribution in [0.2, 0.25) is 5.02 Å². The molecule has 1 heterocycles. The highest BCUT2D eigenvalue weighted by molar-refractivity contribution is 6.33. The second kappa shape index (κ2) is 7.83. The fourth-order valence-corrected chi connectivity index (χ4v) is 2.38. The zero-order chi connectivity index (χ0) is 20.2. The van der Waals surface area contributed by atoms with Crippen molar-refractivity contribution in [1.29, 1.82) is 0 Å². The van der Waals surface area contributed by atoms with Crippen molar-refractivity contribution in [2.45, 2.75) is 18.8 Å². The van der Waals surface area contributed by atoms with Crippen LogP contribution in [0.3, 0.4) is 0 Å². The van der Waals surface area contributed by atoms with Crippen molar-refractivity contribution < 1.29 is 27.5 Å². The number of nitrogens with zero attached hydrogens (tertiary/aromatic N) is 1. The summed E-state index contributed by atoms with van der Waals surface area (Å²) in [5, 5.41) is 3.53. The molecule has 0 aliphatic rings. The van der Waals surface area contributed by atoms with E-state index in [0.29, 0.717) is 5.56 Å². The number of carbonyl (C=O) groups is 2. The van der Waals surface area contributed by atoms with Gasteiger partial charge in [-0.1, -0.05) is 29.8 Å². The van der Waals surface area contributed by atoms with E-state index in [4.69, 9.17) is 11.6 Å². The molecule has 1 aromatic heterocycles. The van der Waals surface area contributed by atoms with Crippen molar-refractivity contribution in [3.8, 4) is 0 Å². The van der Waals surface area contributed by atoms with E-state index >= 15 is 0 Å². The van der Waals surface area contributed by atoms with Gasteiger partial charge in [-0.2, -0.15) is 13.2 Å². The molecule has 1 atom stereocenters. The number of carbonyl (C=O) groups excluding carboxylic acids is 2. The molecule has 0 radical (unpaired) electrons. The van der Waals surface area contributed by atoms with Crippen molar-refractivity contribution >= 4 is 29.3 Å². The van der Waals surface area contributed by atoms with Crippen molar-refractivity contribution in [3.05, 3.63) is 58.7 Å². The van der Waals surface area contributed by atoms with Gasteiger partial charge in [0.25, 0.3) is 5.91 Å². The minimum Gasteiger partial charge on any atom is -0.466 e. The van der Waals surface area contributed by atoms with Gasteiger partial charge in [-0.05, 0) is 30.7 Å². The number of ether oxygens (including phenoxy) is 1. The molecule has 2 aromatic rings. The topological polar surface area (TPSA) is 80.3 Å². The summed E-state index contributed by atoms with van der Waals surface area (Å²) in [6.07, 6.45) is -3.96. The number of hydrogen-bond acceptors (Lipinski definition) is 5. The molecular formula is C17H15ClF3N3O3. The Labute approximate surface area is 157 Å². The lowest BCUT2D eigenvalue weighted by molar-refractivity contribution is -0.203. The molecule has 0 saturated heterocycles. The molecule has 1 aromatic carbocycles. The van der Waals surface area contributed by atoms with Crippen LogP contribution in [-0.4, -0.2) is 35.8 Å². The third-order valence-electron chi connectivity index (χ3n) is 3.56. The summed E-state index contributed by atoms with van der Waals surface area (Å²) >= 11 is 5.86. The monoisotopic (exact) mass is 401 g/mol. The number of aryl methyl sites for hydroxylation is 1. The molecule has 144 valence electrons. The van der Waals surface area contributed by atoms with Gasteiger partial charge in [0, 0.05) is 6.20 Å². The number of anilines is 1.